The van der Waals surface area contributed by atoms with E-state index < -0.39 is 11.4 Å². The molecule has 0 bridgehead atoms. The van der Waals surface area contributed by atoms with Crippen LogP contribution >= 0.6 is 11.6 Å². The molecule has 0 spiro atoms. The van der Waals surface area contributed by atoms with Gasteiger partial charge in [-0.2, -0.15) is 4.99 Å². The zero-order chi connectivity index (χ0) is 17.3. The van der Waals surface area contributed by atoms with Gasteiger partial charge in [0.2, 0.25) is 5.90 Å². The van der Waals surface area contributed by atoms with Crippen LogP contribution in [0.3, 0.4) is 0 Å². The SMILES string of the molecule is CC(C)[C@@]1(Cc2cccc(Cl)c2)OC(c2cccc(F)c2)=NC1=O. The Morgan fingerprint density at radius 3 is 2.62 bits per heavy atom. The first-order valence-electron chi connectivity index (χ1n) is 7.73. The zero-order valence-electron chi connectivity index (χ0n) is 13.4. The van der Waals surface area contributed by atoms with E-state index in [9.17, 15) is 9.18 Å². The van der Waals surface area contributed by atoms with E-state index in [2.05, 4.69) is 4.99 Å². The van der Waals surface area contributed by atoms with Crippen molar-refractivity contribution in [2.45, 2.75) is 25.9 Å². The van der Waals surface area contributed by atoms with E-state index in [1.54, 1.807) is 18.2 Å². The molecule has 0 fully saturated rings. The molecule has 3 rings (SSSR count). The van der Waals surface area contributed by atoms with Crippen molar-refractivity contribution in [2.75, 3.05) is 0 Å². The average molecular weight is 346 g/mol. The molecule has 0 saturated heterocycles. The van der Waals surface area contributed by atoms with Gasteiger partial charge in [0.15, 0.2) is 5.60 Å². The Balaban J connectivity index is 1.94. The van der Waals surface area contributed by atoms with Crippen LogP contribution in [0.25, 0.3) is 0 Å². The van der Waals surface area contributed by atoms with Crippen molar-refractivity contribution in [3.05, 3.63) is 70.5 Å². The van der Waals surface area contributed by atoms with Crippen molar-refractivity contribution < 1.29 is 13.9 Å². The van der Waals surface area contributed by atoms with E-state index >= 15 is 0 Å². The lowest BCUT2D eigenvalue weighted by Gasteiger charge is -2.30. The molecular formula is C19H17ClFNO2. The molecule has 0 unspecified atom stereocenters. The predicted octanol–water partition coefficient (Wildman–Crippen LogP) is 4.42. The van der Waals surface area contributed by atoms with Crippen LogP contribution in [0.1, 0.15) is 25.0 Å². The first kappa shape index (κ1) is 16.7. The summed E-state index contributed by atoms with van der Waals surface area (Å²) in [4.78, 5) is 16.7. The number of aliphatic imine (C=N–C) groups is 1. The topological polar surface area (TPSA) is 38.7 Å². The first-order valence-corrected chi connectivity index (χ1v) is 8.11. The molecule has 0 radical (unpaired) electrons. The lowest BCUT2D eigenvalue weighted by atomic mass is 9.83. The molecule has 24 heavy (non-hydrogen) atoms. The molecule has 0 N–H and O–H groups in total. The Bertz CT molecular complexity index is 819. The Morgan fingerprint density at radius 1 is 1.21 bits per heavy atom. The van der Waals surface area contributed by atoms with E-state index in [1.807, 2.05) is 32.0 Å². The molecule has 3 nitrogen and oxygen atoms in total. The van der Waals surface area contributed by atoms with Gasteiger partial charge in [0, 0.05) is 22.9 Å². The van der Waals surface area contributed by atoms with Crippen LogP contribution in [-0.4, -0.2) is 17.4 Å². The molecule has 2 aromatic rings. The number of benzene rings is 2. The number of carbonyl (C=O) groups excluding carboxylic acids is 1. The number of amides is 1. The molecule has 2 aromatic carbocycles. The fourth-order valence-corrected chi connectivity index (χ4v) is 3.01. The lowest BCUT2D eigenvalue weighted by Crippen LogP contribution is -2.45. The third-order valence-electron chi connectivity index (χ3n) is 4.20. The zero-order valence-corrected chi connectivity index (χ0v) is 14.2. The van der Waals surface area contributed by atoms with Gasteiger partial charge in [0.1, 0.15) is 5.82 Å². The van der Waals surface area contributed by atoms with Gasteiger partial charge in [0.25, 0.3) is 5.91 Å². The second-order valence-corrected chi connectivity index (χ2v) is 6.62. The molecule has 1 amide bonds. The van der Waals surface area contributed by atoms with E-state index in [4.69, 9.17) is 16.3 Å². The van der Waals surface area contributed by atoms with Gasteiger partial charge >= 0.3 is 0 Å². The first-order chi connectivity index (χ1) is 11.4. The van der Waals surface area contributed by atoms with Crippen molar-refractivity contribution >= 4 is 23.4 Å². The highest BCUT2D eigenvalue weighted by atomic mass is 35.5. The van der Waals surface area contributed by atoms with Crippen LogP contribution < -0.4 is 0 Å². The van der Waals surface area contributed by atoms with E-state index in [0.29, 0.717) is 17.0 Å². The molecule has 1 heterocycles. The minimum absolute atomic E-state index is 0.112. The van der Waals surface area contributed by atoms with Crippen molar-refractivity contribution in [3.63, 3.8) is 0 Å². The average Bonchev–Trinajstić information content (AvgIpc) is 2.85. The van der Waals surface area contributed by atoms with Crippen molar-refractivity contribution in [3.8, 4) is 0 Å². The normalized spacial score (nSPS) is 20.2. The maximum Gasteiger partial charge on any atom is 0.293 e. The molecule has 0 saturated carbocycles. The van der Waals surface area contributed by atoms with Gasteiger partial charge in [-0.15, -0.1) is 0 Å². The number of rotatable bonds is 4. The summed E-state index contributed by atoms with van der Waals surface area (Å²) in [6.07, 6.45) is 0.354. The van der Waals surface area contributed by atoms with Gasteiger partial charge in [-0.25, -0.2) is 4.39 Å². The van der Waals surface area contributed by atoms with Gasteiger partial charge in [-0.3, -0.25) is 4.79 Å². The maximum absolute atomic E-state index is 13.5. The molecule has 124 valence electrons. The summed E-state index contributed by atoms with van der Waals surface area (Å²) < 4.78 is 19.4. The van der Waals surface area contributed by atoms with Crippen LogP contribution in [0.5, 0.6) is 0 Å². The van der Waals surface area contributed by atoms with E-state index in [0.717, 1.165) is 5.56 Å². The summed E-state index contributed by atoms with van der Waals surface area (Å²) in [5.74, 6) is -0.700. The fourth-order valence-electron chi connectivity index (χ4n) is 2.80. The highest BCUT2D eigenvalue weighted by Gasteiger charge is 2.49. The number of ether oxygens (including phenoxy) is 1. The molecule has 0 aliphatic carbocycles. The second kappa shape index (κ2) is 6.36. The van der Waals surface area contributed by atoms with E-state index in [-0.39, 0.29) is 17.7 Å². The number of hydrogen-bond donors (Lipinski definition) is 0. The highest BCUT2D eigenvalue weighted by molar-refractivity contribution is 6.30. The largest absolute Gasteiger partial charge is 0.460 e. The standard InChI is InChI=1S/C19H17ClFNO2/c1-12(2)19(11-13-5-3-7-15(20)9-13)18(23)22-17(24-19)14-6-4-8-16(21)10-14/h3-10,12H,11H2,1-2H3/t19-/m1/s1. The van der Waals surface area contributed by atoms with Gasteiger partial charge in [-0.1, -0.05) is 43.6 Å². The Labute approximate surface area is 145 Å². The van der Waals surface area contributed by atoms with Crippen molar-refractivity contribution in [2.24, 2.45) is 10.9 Å². The Morgan fingerprint density at radius 2 is 1.96 bits per heavy atom. The minimum Gasteiger partial charge on any atom is -0.460 e. The second-order valence-electron chi connectivity index (χ2n) is 6.19. The van der Waals surface area contributed by atoms with Gasteiger partial charge < -0.3 is 4.74 Å². The van der Waals surface area contributed by atoms with Crippen LogP contribution in [0, 0.1) is 11.7 Å². The summed E-state index contributed by atoms with van der Waals surface area (Å²) in [6, 6.07) is 13.2. The molecule has 1 aliphatic rings. The van der Waals surface area contributed by atoms with E-state index in [1.165, 1.54) is 12.1 Å². The van der Waals surface area contributed by atoms with Crippen LogP contribution in [-0.2, 0) is 16.0 Å². The smallest absolute Gasteiger partial charge is 0.293 e. The van der Waals surface area contributed by atoms with Crippen LogP contribution in [0.4, 0.5) is 4.39 Å². The summed E-state index contributed by atoms with van der Waals surface area (Å²) in [6.45, 7) is 3.82. The highest BCUT2D eigenvalue weighted by Crippen LogP contribution is 2.34. The Hall–Kier alpha value is -2.20. The fraction of sp³-hybridized carbons (Fsp3) is 0.263. The van der Waals surface area contributed by atoms with Gasteiger partial charge in [0.05, 0.1) is 0 Å². The third-order valence-corrected chi connectivity index (χ3v) is 4.44. The Kier molecular flexibility index (Phi) is 4.41. The summed E-state index contributed by atoms with van der Waals surface area (Å²) in [5, 5.41) is 0.600. The number of carbonyl (C=O) groups is 1. The van der Waals surface area contributed by atoms with Gasteiger partial charge in [-0.05, 0) is 35.9 Å². The van der Waals surface area contributed by atoms with Crippen molar-refractivity contribution in [1.82, 2.24) is 0 Å². The maximum atomic E-state index is 13.5. The van der Waals surface area contributed by atoms with Crippen LogP contribution in [0.15, 0.2) is 53.5 Å². The van der Waals surface area contributed by atoms with Crippen molar-refractivity contribution in [1.29, 1.82) is 0 Å². The predicted molar refractivity (Wildman–Crippen MR) is 91.8 cm³/mol. The number of hydrogen-bond acceptors (Lipinski definition) is 2. The molecule has 1 aliphatic heterocycles. The summed E-state index contributed by atoms with van der Waals surface area (Å²) >= 11 is 6.04. The third kappa shape index (κ3) is 3.06. The number of halogens is 2. The molecular weight excluding hydrogens is 329 g/mol. The summed E-state index contributed by atoms with van der Waals surface area (Å²) in [5.41, 5.74) is 0.240. The molecule has 1 atom stereocenters. The van der Waals surface area contributed by atoms with Crippen LogP contribution in [0.2, 0.25) is 5.02 Å². The summed E-state index contributed by atoms with van der Waals surface area (Å²) in [7, 11) is 0. The minimum atomic E-state index is -1.10. The number of nitrogens with zero attached hydrogens (tertiary/aromatic N) is 1. The molecule has 5 heteroatoms. The molecule has 0 aromatic heterocycles. The lowest BCUT2D eigenvalue weighted by molar-refractivity contribution is -0.134. The quantitative estimate of drug-likeness (QED) is 0.822. The monoisotopic (exact) mass is 345 g/mol.